The molecule has 1 aromatic carbocycles. The number of methoxy groups -OCH3 is 1. The molecule has 1 N–H and O–H groups in total. The molecule has 0 amide bonds. The molecule has 0 spiro atoms. The lowest BCUT2D eigenvalue weighted by Crippen LogP contribution is -2.17. The third-order valence-electron chi connectivity index (χ3n) is 1.93. The Morgan fingerprint density at radius 2 is 2.21 bits per heavy atom. The first-order valence-corrected chi connectivity index (χ1v) is 4.04. The lowest BCUT2D eigenvalue weighted by molar-refractivity contribution is -0.117. The molecule has 3 nitrogen and oxygen atoms in total. The van der Waals surface area contributed by atoms with Crippen molar-refractivity contribution in [3.05, 3.63) is 23.8 Å². The van der Waals surface area contributed by atoms with Crippen LogP contribution in [0.15, 0.2) is 18.2 Å². The second-order valence-electron chi connectivity index (χ2n) is 3.08. The Balaban J connectivity index is 3.27. The summed E-state index contributed by atoms with van der Waals surface area (Å²) in [5.41, 5.74) is -1.99. The summed E-state index contributed by atoms with van der Waals surface area (Å²) < 4.78 is 18.5. The lowest BCUT2D eigenvalue weighted by atomic mass is 9.98. The molecule has 1 unspecified atom stereocenters. The maximum atomic E-state index is 13.6. The Hall–Kier alpha value is -1.58. The SMILES string of the molecule is COc1cc(O)ccc1C(C)(F)C=O. The summed E-state index contributed by atoms with van der Waals surface area (Å²) in [6.45, 7) is 1.13. The molecule has 0 aliphatic rings. The standard InChI is InChI=1S/C10H11FO3/c1-10(11,6-12)8-4-3-7(13)5-9(8)14-2/h3-6,13H,1-2H3. The van der Waals surface area contributed by atoms with Crippen molar-refractivity contribution in [1.82, 2.24) is 0 Å². The molecule has 0 radical (unpaired) electrons. The number of rotatable bonds is 3. The highest BCUT2D eigenvalue weighted by molar-refractivity contribution is 5.67. The predicted octanol–water partition coefficient (Wildman–Crippen LogP) is 1.78. The van der Waals surface area contributed by atoms with E-state index in [-0.39, 0.29) is 23.3 Å². The maximum absolute atomic E-state index is 13.6. The second kappa shape index (κ2) is 3.65. The van der Waals surface area contributed by atoms with Crippen molar-refractivity contribution in [1.29, 1.82) is 0 Å². The molecule has 0 aliphatic carbocycles. The number of alkyl halides is 1. The van der Waals surface area contributed by atoms with Gasteiger partial charge in [0.2, 0.25) is 0 Å². The van der Waals surface area contributed by atoms with E-state index >= 15 is 0 Å². The van der Waals surface area contributed by atoms with Gasteiger partial charge in [0.15, 0.2) is 12.0 Å². The monoisotopic (exact) mass is 198 g/mol. The zero-order valence-corrected chi connectivity index (χ0v) is 7.95. The van der Waals surface area contributed by atoms with Gasteiger partial charge >= 0.3 is 0 Å². The first kappa shape index (κ1) is 10.5. The number of phenolic OH excluding ortho intramolecular Hbond substituents is 1. The summed E-state index contributed by atoms with van der Waals surface area (Å²) in [5.74, 6) is 0.120. The molecule has 0 heterocycles. The summed E-state index contributed by atoms with van der Waals surface area (Å²) in [6.07, 6.45) is 0.196. The molecule has 76 valence electrons. The van der Waals surface area contributed by atoms with Crippen LogP contribution in [-0.4, -0.2) is 18.5 Å². The molecular formula is C10H11FO3. The Morgan fingerprint density at radius 1 is 1.57 bits per heavy atom. The molecule has 0 aromatic heterocycles. The van der Waals surface area contributed by atoms with Crippen molar-refractivity contribution in [3.8, 4) is 11.5 Å². The Labute approximate surface area is 81.1 Å². The molecule has 0 saturated carbocycles. The van der Waals surface area contributed by atoms with Gasteiger partial charge in [-0.3, -0.25) is 4.79 Å². The van der Waals surface area contributed by atoms with Crippen molar-refractivity contribution >= 4 is 6.29 Å². The van der Waals surface area contributed by atoms with Gasteiger partial charge in [-0.25, -0.2) is 4.39 Å². The van der Waals surface area contributed by atoms with Gasteiger partial charge in [-0.05, 0) is 19.1 Å². The molecule has 1 rings (SSSR count). The van der Waals surface area contributed by atoms with Crippen molar-refractivity contribution in [2.75, 3.05) is 7.11 Å². The number of carbonyl (C=O) groups excluding carboxylic acids is 1. The van der Waals surface area contributed by atoms with Crippen LogP contribution < -0.4 is 4.74 Å². The van der Waals surface area contributed by atoms with Gasteiger partial charge in [0, 0.05) is 11.6 Å². The summed E-state index contributed by atoms with van der Waals surface area (Å²) in [5, 5.41) is 9.12. The quantitative estimate of drug-likeness (QED) is 0.753. The number of aromatic hydroxyl groups is 1. The van der Waals surface area contributed by atoms with Crippen molar-refractivity contribution in [2.45, 2.75) is 12.6 Å². The summed E-state index contributed by atoms with van der Waals surface area (Å²) in [4.78, 5) is 10.5. The third-order valence-corrected chi connectivity index (χ3v) is 1.93. The minimum absolute atomic E-state index is 0.0349. The smallest absolute Gasteiger partial charge is 0.191 e. The predicted molar refractivity (Wildman–Crippen MR) is 49.2 cm³/mol. The number of hydrogen-bond donors (Lipinski definition) is 1. The van der Waals surface area contributed by atoms with E-state index in [1.165, 1.54) is 25.3 Å². The number of ether oxygens (including phenoxy) is 1. The van der Waals surface area contributed by atoms with Crippen LogP contribution in [0.4, 0.5) is 4.39 Å². The molecule has 0 saturated heterocycles. The molecule has 1 atom stereocenters. The van der Waals surface area contributed by atoms with Gasteiger partial charge in [0.1, 0.15) is 11.5 Å². The van der Waals surface area contributed by atoms with Gasteiger partial charge in [0.05, 0.1) is 7.11 Å². The highest BCUT2D eigenvalue weighted by Crippen LogP contribution is 2.33. The number of aldehydes is 1. The minimum atomic E-state index is -2.10. The lowest BCUT2D eigenvalue weighted by Gasteiger charge is -2.16. The van der Waals surface area contributed by atoms with Gasteiger partial charge in [0.25, 0.3) is 0 Å². The van der Waals surface area contributed by atoms with E-state index in [4.69, 9.17) is 9.84 Å². The van der Waals surface area contributed by atoms with Crippen LogP contribution in [0.1, 0.15) is 12.5 Å². The zero-order chi connectivity index (χ0) is 10.8. The fraction of sp³-hybridized carbons (Fsp3) is 0.300. The van der Waals surface area contributed by atoms with E-state index < -0.39 is 5.67 Å². The summed E-state index contributed by atoms with van der Waals surface area (Å²) in [7, 11) is 1.35. The van der Waals surface area contributed by atoms with Crippen LogP contribution in [0.2, 0.25) is 0 Å². The highest BCUT2D eigenvalue weighted by Gasteiger charge is 2.28. The molecule has 0 aliphatic heterocycles. The van der Waals surface area contributed by atoms with Crippen molar-refractivity contribution < 1.29 is 19.0 Å². The van der Waals surface area contributed by atoms with Gasteiger partial charge < -0.3 is 9.84 Å². The van der Waals surface area contributed by atoms with Gasteiger partial charge in [-0.1, -0.05) is 0 Å². The molecule has 0 bridgehead atoms. The zero-order valence-electron chi connectivity index (χ0n) is 7.95. The topological polar surface area (TPSA) is 46.5 Å². The van der Waals surface area contributed by atoms with E-state index in [9.17, 15) is 9.18 Å². The van der Waals surface area contributed by atoms with Crippen LogP contribution in [0, 0.1) is 0 Å². The van der Waals surface area contributed by atoms with Crippen LogP contribution in [0.3, 0.4) is 0 Å². The molecule has 4 heteroatoms. The van der Waals surface area contributed by atoms with Crippen LogP contribution in [0.25, 0.3) is 0 Å². The van der Waals surface area contributed by atoms with Crippen molar-refractivity contribution in [3.63, 3.8) is 0 Å². The fourth-order valence-electron chi connectivity index (χ4n) is 1.15. The number of carbonyl (C=O) groups is 1. The first-order valence-electron chi connectivity index (χ1n) is 4.04. The summed E-state index contributed by atoms with van der Waals surface area (Å²) in [6, 6.07) is 3.89. The Bertz CT molecular complexity index is 347. The molecule has 1 aromatic rings. The van der Waals surface area contributed by atoms with Crippen LogP contribution in [0.5, 0.6) is 11.5 Å². The van der Waals surface area contributed by atoms with E-state index in [0.29, 0.717) is 0 Å². The minimum Gasteiger partial charge on any atom is -0.508 e. The number of hydrogen-bond acceptors (Lipinski definition) is 3. The van der Waals surface area contributed by atoms with E-state index in [1.54, 1.807) is 0 Å². The molecule has 0 fully saturated rings. The highest BCUT2D eigenvalue weighted by atomic mass is 19.1. The maximum Gasteiger partial charge on any atom is 0.191 e. The largest absolute Gasteiger partial charge is 0.508 e. The van der Waals surface area contributed by atoms with E-state index in [1.807, 2.05) is 0 Å². The third kappa shape index (κ3) is 1.84. The van der Waals surface area contributed by atoms with Gasteiger partial charge in [-0.15, -0.1) is 0 Å². The first-order chi connectivity index (χ1) is 6.51. The number of halogens is 1. The molecule has 14 heavy (non-hydrogen) atoms. The van der Waals surface area contributed by atoms with E-state index in [0.717, 1.165) is 6.92 Å². The van der Waals surface area contributed by atoms with Crippen LogP contribution in [-0.2, 0) is 10.5 Å². The normalized spacial score (nSPS) is 14.5. The van der Waals surface area contributed by atoms with E-state index in [2.05, 4.69) is 0 Å². The average molecular weight is 198 g/mol. The summed E-state index contributed by atoms with van der Waals surface area (Å²) >= 11 is 0. The Kier molecular flexibility index (Phi) is 2.74. The second-order valence-corrected chi connectivity index (χ2v) is 3.08. The number of benzene rings is 1. The van der Waals surface area contributed by atoms with Gasteiger partial charge in [-0.2, -0.15) is 0 Å². The number of phenols is 1. The van der Waals surface area contributed by atoms with Crippen LogP contribution >= 0.6 is 0 Å². The fourth-order valence-corrected chi connectivity index (χ4v) is 1.15. The Morgan fingerprint density at radius 3 is 2.71 bits per heavy atom. The molecular weight excluding hydrogens is 187 g/mol. The van der Waals surface area contributed by atoms with Crippen molar-refractivity contribution in [2.24, 2.45) is 0 Å². The average Bonchev–Trinajstić information content (AvgIpc) is 2.17.